The second kappa shape index (κ2) is 11.6. The zero-order chi connectivity index (χ0) is 31.2. The molecule has 0 bridgehead atoms. The Balaban J connectivity index is 2.00. The van der Waals surface area contributed by atoms with Crippen molar-refractivity contribution in [1.29, 1.82) is 0 Å². The molecule has 236 valence electrons. The maximum Gasteiger partial charge on any atom is 0.426 e. The van der Waals surface area contributed by atoms with Gasteiger partial charge in [-0.3, -0.25) is 0 Å². The number of allylic oxidation sites excluding steroid dienone is 4. The molecule has 6 atom stereocenters. The Morgan fingerprint density at radius 3 is 2.20 bits per heavy atom. The number of aliphatic hydroxyl groups is 3. The van der Waals surface area contributed by atoms with E-state index in [1.54, 1.807) is 13.0 Å². The Labute approximate surface area is 238 Å². The molecule has 41 heavy (non-hydrogen) atoms. The predicted molar refractivity (Wildman–Crippen MR) is 144 cm³/mol. The van der Waals surface area contributed by atoms with Crippen LogP contribution in [0, 0.1) is 22.7 Å². The van der Waals surface area contributed by atoms with Crippen molar-refractivity contribution in [1.82, 2.24) is 0 Å². The van der Waals surface area contributed by atoms with E-state index < -0.39 is 59.0 Å². The summed E-state index contributed by atoms with van der Waals surface area (Å²) in [5.74, 6) is -1.23. The second-order valence-corrected chi connectivity index (χ2v) is 13.8. The molecular weight excluding hydrogens is 553 g/mol. The Morgan fingerprint density at radius 1 is 1.02 bits per heavy atom. The first-order valence-corrected chi connectivity index (χ1v) is 14.5. The zero-order valence-electron chi connectivity index (χ0n) is 24.4. The molecule has 3 fully saturated rings. The molecule has 3 aliphatic rings. The summed E-state index contributed by atoms with van der Waals surface area (Å²) in [7, 11) is 0. The summed E-state index contributed by atoms with van der Waals surface area (Å²) in [4.78, 5) is 0. The molecule has 3 nitrogen and oxygen atoms in total. The maximum atomic E-state index is 14.3. The van der Waals surface area contributed by atoms with Gasteiger partial charge in [0, 0.05) is 6.42 Å². The van der Waals surface area contributed by atoms with E-state index in [9.17, 15) is 46.1 Å². The average molecular weight is 599 g/mol. The first kappa shape index (κ1) is 34.1. The summed E-state index contributed by atoms with van der Waals surface area (Å²) in [6.45, 7) is 10.6. The van der Waals surface area contributed by atoms with Crippen LogP contribution in [0.5, 0.6) is 0 Å². The Morgan fingerprint density at radius 2 is 1.63 bits per heavy atom. The molecule has 0 saturated heterocycles. The van der Waals surface area contributed by atoms with Crippen molar-refractivity contribution in [3.8, 4) is 0 Å². The molecule has 0 aliphatic heterocycles. The first-order valence-electron chi connectivity index (χ1n) is 14.5. The van der Waals surface area contributed by atoms with Gasteiger partial charge in [-0.15, -0.1) is 0 Å². The van der Waals surface area contributed by atoms with Crippen LogP contribution in [-0.2, 0) is 0 Å². The van der Waals surface area contributed by atoms with Crippen LogP contribution in [0.15, 0.2) is 35.5 Å². The summed E-state index contributed by atoms with van der Waals surface area (Å²) in [6, 6.07) is 0. The van der Waals surface area contributed by atoms with Crippen molar-refractivity contribution < 1.29 is 46.1 Å². The molecule has 0 aromatic heterocycles. The number of hydrogen-bond donors (Lipinski definition) is 3. The summed E-state index contributed by atoms with van der Waals surface area (Å²) in [5.41, 5.74) is -5.66. The van der Waals surface area contributed by atoms with Crippen LogP contribution in [0.4, 0.5) is 30.7 Å². The van der Waals surface area contributed by atoms with Crippen molar-refractivity contribution in [3.63, 3.8) is 0 Å². The van der Waals surface area contributed by atoms with E-state index in [4.69, 9.17) is 0 Å². The highest BCUT2D eigenvalue weighted by Gasteiger charge is 2.72. The summed E-state index contributed by atoms with van der Waals surface area (Å²) >= 11 is 0. The minimum Gasteiger partial charge on any atom is -0.393 e. The van der Waals surface area contributed by atoms with Crippen LogP contribution in [-0.4, -0.2) is 51.1 Å². The maximum absolute atomic E-state index is 14.3. The van der Waals surface area contributed by atoms with Crippen LogP contribution in [0.2, 0.25) is 0 Å². The van der Waals surface area contributed by atoms with Crippen LogP contribution in [0.25, 0.3) is 0 Å². The number of halogens is 7. The lowest BCUT2D eigenvalue weighted by atomic mass is 9.52. The summed E-state index contributed by atoms with van der Waals surface area (Å²) in [5, 5.41) is 30.4. The van der Waals surface area contributed by atoms with Gasteiger partial charge in [-0.1, -0.05) is 44.6 Å². The molecule has 0 heterocycles. The van der Waals surface area contributed by atoms with Crippen molar-refractivity contribution in [2.45, 2.75) is 134 Å². The van der Waals surface area contributed by atoms with Crippen molar-refractivity contribution in [3.05, 3.63) is 35.5 Å². The van der Waals surface area contributed by atoms with Gasteiger partial charge in [0.1, 0.15) is 6.17 Å². The third-order valence-electron chi connectivity index (χ3n) is 10.6. The fourth-order valence-corrected chi connectivity index (χ4v) is 7.81. The van der Waals surface area contributed by atoms with E-state index in [1.165, 1.54) is 13.8 Å². The minimum atomic E-state index is -5.90. The average Bonchev–Trinajstić information content (AvgIpc) is 3.09. The van der Waals surface area contributed by atoms with Gasteiger partial charge < -0.3 is 15.3 Å². The summed E-state index contributed by atoms with van der Waals surface area (Å²) in [6.07, 6.45) is -8.24. The molecule has 2 unspecified atom stereocenters. The van der Waals surface area contributed by atoms with E-state index >= 15 is 0 Å². The molecule has 0 aromatic carbocycles. The standard InChI is InChI=1S/C31H45F7O3/c1-19-21(16-23(39)17-25(19)32)11-10-20-8-6-14-28(5)24(20)12-15-27(28,4)22(9-7-13-26(2,3)40)18-29(41,30(33,34)35)31(36,37)38/h10-11,22-25,39-41H,1,6-9,12-18H2,2-5H3/b20-10+,21-11-/t22?,23-,24?,25+,27-,28+/m1/s1. The van der Waals surface area contributed by atoms with Gasteiger partial charge in [0.05, 0.1) is 11.7 Å². The second-order valence-electron chi connectivity index (χ2n) is 13.8. The van der Waals surface area contributed by atoms with Crippen molar-refractivity contribution >= 4 is 0 Å². The van der Waals surface area contributed by atoms with Gasteiger partial charge in [0.15, 0.2) is 0 Å². The predicted octanol–water partition coefficient (Wildman–Crippen LogP) is 8.30. The number of aliphatic hydroxyl groups excluding tert-OH is 1. The Bertz CT molecular complexity index is 1010. The minimum absolute atomic E-state index is 0.00400. The molecule has 0 spiro atoms. The van der Waals surface area contributed by atoms with E-state index in [2.05, 4.69) is 6.58 Å². The molecule has 3 aliphatic carbocycles. The Hall–Kier alpha value is -1.39. The van der Waals surface area contributed by atoms with Gasteiger partial charge in [0.25, 0.3) is 5.60 Å². The van der Waals surface area contributed by atoms with Gasteiger partial charge in [-0.2, -0.15) is 26.3 Å². The van der Waals surface area contributed by atoms with Crippen LogP contribution in [0.1, 0.15) is 98.3 Å². The highest BCUT2D eigenvalue weighted by molar-refractivity contribution is 5.39. The van der Waals surface area contributed by atoms with Crippen molar-refractivity contribution in [2.75, 3.05) is 0 Å². The number of hydrogen-bond acceptors (Lipinski definition) is 3. The van der Waals surface area contributed by atoms with Crippen molar-refractivity contribution in [2.24, 2.45) is 22.7 Å². The number of alkyl halides is 7. The summed E-state index contributed by atoms with van der Waals surface area (Å²) < 4.78 is 97.4. The molecule has 3 rings (SSSR count). The molecule has 0 amide bonds. The lowest BCUT2D eigenvalue weighted by molar-refractivity contribution is -0.375. The SMILES string of the molecule is C=C1/C(=C\C=C2/CCC[C@@]3(C)C2CC[C@]3(C)C(CCCC(C)(C)O)CC(O)(C(F)(F)F)C(F)(F)F)C[C@@H](O)C[C@@H]1F. The van der Waals surface area contributed by atoms with E-state index in [-0.39, 0.29) is 38.0 Å². The molecule has 0 radical (unpaired) electrons. The molecule has 10 heteroatoms. The lowest BCUT2D eigenvalue weighted by Gasteiger charge is -2.53. The highest BCUT2D eigenvalue weighted by Crippen LogP contribution is 2.68. The molecule has 3 saturated carbocycles. The Kier molecular flexibility index (Phi) is 9.65. The van der Waals surface area contributed by atoms with E-state index in [0.717, 1.165) is 5.57 Å². The quantitative estimate of drug-likeness (QED) is 0.246. The van der Waals surface area contributed by atoms with Gasteiger partial charge in [-0.25, -0.2) is 4.39 Å². The topological polar surface area (TPSA) is 60.7 Å². The van der Waals surface area contributed by atoms with Crippen LogP contribution < -0.4 is 0 Å². The van der Waals surface area contributed by atoms with Gasteiger partial charge in [0.2, 0.25) is 0 Å². The van der Waals surface area contributed by atoms with E-state index in [0.29, 0.717) is 43.3 Å². The normalized spacial score (nSPS) is 34.8. The van der Waals surface area contributed by atoms with Gasteiger partial charge in [-0.05, 0) is 105 Å². The smallest absolute Gasteiger partial charge is 0.393 e. The zero-order valence-corrected chi connectivity index (χ0v) is 24.4. The number of fused-ring (bicyclic) bond motifs is 1. The molecule has 3 N–H and O–H groups in total. The fourth-order valence-electron chi connectivity index (χ4n) is 7.81. The molecule has 0 aromatic rings. The van der Waals surface area contributed by atoms with Gasteiger partial charge >= 0.3 is 12.4 Å². The highest BCUT2D eigenvalue weighted by atomic mass is 19.4. The van der Waals surface area contributed by atoms with E-state index in [1.807, 2.05) is 13.0 Å². The van der Waals surface area contributed by atoms with Crippen LogP contribution >= 0.6 is 0 Å². The third kappa shape index (κ3) is 6.74. The first-order chi connectivity index (χ1) is 18.6. The molecular formula is C31H45F7O3. The number of rotatable bonds is 8. The van der Waals surface area contributed by atoms with Crippen LogP contribution in [0.3, 0.4) is 0 Å². The monoisotopic (exact) mass is 598 g/mol. The fraction of sp³-hybridized carbons (Fsp3) is 0.806. The third-order valence-corrected chi connectivity index (χ3v) is 10.6. The lowest BCUT2D eigenvalue weighted by Crippen LogP contribution is -2.59. The largest absolute Gasteiger partial charge is 0.426 e.